The number of benzene rings is 3. The predicted molar refractivity (Wildman–Crippen MR) is 132 cm³/mol. The molecule has 0 spiro atoms. The van der Waals surface area contributed by atoms with Gasteiger partial charge in [0.05, 0.1) is 11.3 Å². The number of rotatable bonds is 8. The first kappa shape index (κ1) is 23.7. The van der Waals surface area contributed by atoms with Crippen LogP contribution in [0.2, 0.25) is 0 Å². The van der Waals surface area contributed by atoms with Gasteiger partial charge in [0.25, 0.3) is 0 Å². The lowest BCUT2D eigenvalue weighted by molar-refractivity contribution is 0.0729. The number of carbonyl (C=O) groups excluding carboxylic acids is 1. The quantitative estimate of drug-likeness (QED) is 0.227. The summed E-state index contributed by atoms with van der Waals surface area (Å²) in [4.78, 5) is 19.3. The van der Waals surface area contributed by atoms with Crippen LogP contribution in [0.5, 0.6) is 11.5 Å². The van der Waals surface area contributed by atoms with Gasteiger partial charge < -0.3 is 9.84 Å². The van der Waals surface area contributed by atoms with Crippen LogP contribution in [0.4, 0.5) is 5.69 Å². The summed E-state index contributed by atoms with van der Waals surface area (Å²) in [6.45, 7) is 9.17. The second-order valence-corrected chi connectivity index (χ2v) is 8.40. The largest absolute Gasteiger partial charge is 0.504 e. The Morgan fingerprint density at radius 2 is 1.72 bits per heavy atom. The fraction of sp³-hybridized carbons (Fsp3) is 0.231. The van der Waals surface area contributed by atoms with E-state index in [2.05, 4.69) is 51.8 Å². The van der Waals surface area contributed by atoms with E-state index in [0.717, 1.165) is 30.9 Å². The van der Waals surface area contributed by atoms with Gasteiger partial charge in [-0.15, -0.1) is 0 Å². The van der Waals surface area contributed by atoms with Crippen LogP contribution in [-0.4, -0.2) is 35.3 Å². The Kier molecular flexibility index (Phi) is 8.20. The normalized spacial score (nSPS) is 11.3. The van der Waals surface area contributed by atoms with Gasteiger partial charge in [-0.05, 0) is 62.0 Å². The maximum atomic E-state index is 12.4. The summed E-state index contributed by atoms with van der Waals surface area (Å²) in [6, 6.07) is 18.3. The summed E-state index contributed by atoms with van der Waals surface area (Å²) >= 11 is 3.41. The zero-order valence-corrected chi connectivity index (χ0v) is 20.1. The fourth-order valence-corrected chi connectivity index (χ4v) is 3.61. The summed E-state index contributed by atoms with van der Waals surface area (Å²) in [5, 5.41) is 10.6. The molecule has 32 heavy (non-hydrogen) atoms. The first-order valence-electron chi connectivity index (χ1n) is 10.6. The van der Waals surface area contributed by atoms with Crippen molar-refractivity contribution < 1.29 is 14.6 Å². The van der Waals surface area contributed by atoms with Crippen molar-refractivity contribution >= 4 is 33.8 Å². The summed E-state index contributed by atoms with van der Waals surface area (Å²) in [7, 11) is 0. The number of halogens is 1. The van der Waals surface area contributed by atoms with Gasteiger partial charge in [0, 0.05) is 22.8 Å². The van der Waals surface area contributed by atoms with E-state index in [0.29, 0.717) is 15.6 Å². The average Bonchev–Trinajstić information content (AvgIpc) is 2.79. The summed E-state index contributed by atoms with van der Waals surface area (Å²) in [6.07, 6.45) is 1.56. The Balaban J connectivity index is 1.75. The molecule has 0 radical (unpaired) electrons. The standard InChI is InChI=1S/C26H27BrN2O3/c1-4-29(5-2)17-19-8-12-23(13-9-19)28-16-21-14-22(27)15-24(25(21)30)32-26(31)20-10-6-18(3)7-11-20/h6-16,30H,4-5,17H2,1-3H3. The number of phenolic OH excluding ortho intramolecular Hbond substituents is 1. The van der Waals surface area contributed by atoms with Crippen molar-refractivity contribution in [2.24, 2.45) is 4.99 Å². The Bertz CT molecular complexity index is 1090. The third-order valence-electron chi connectivity index (χ3n) is 5.15. The smallest absolute Gasteiger partial charge is 0.343 e. The fourth-order valence-electron chi connectivity index (χ4n) is 3.16. The molecule has 0 fully saturated rings. The highest BCUT2D eigenvalue weighted by molar-refractivity contribution is 9.10. The number of hydrogen-bond acceptors (Lipinski definition) is 5. The molecule has 0 aliphatic heterocycles. The maximum absolute atomic E-state index is 12.4. The highest BCUT2D eigenvalue weighted by Gasteiger charge is 2.15. The number of nitrogens with zero attached hydrogens (tertiary/aromatic N) is 2. The molecule has 166 valence electrons. The summed E-state index contributed by atoms with van der Waals surface area (Å²) < 4.78 is 6.10. The second kappa shape index (κ2) is 11.1. The van der Waals surface area contributed by atoms with Crippen LogP contribution in [-0.2, 0) is 6.54 Å². The molecule has 0 atom stereocenters. The Labute approximate surface area is 197 Å². The number of hydrogen-bond donors (Lipinski definition) is 1. The first-order valence-corrected chi connectivity index (χ1v) is 11.4. The molecule has 3 aromatic rings. The lowest BCUT2D eigenvalue weighted by Gasteiger charge is -2.17. The van der Waals surface area contributed by atoms with Crippen molar-refractivity contribution in [3.05, 3.63) is 87.4 Å². The first-order chi connectivity index (χ1) is 15.4. The molecule has 3 aromatic carbocycles. The van der Waals surface area contributed by atoms with Gasteiger partial charge in [-0.3, -0.25) is 9.89 Å². The van der Waals surface area contributed by atoms with E-state index in [1.807, 2.05) is 31.2 Å². The zero-order chi connectivity index (χ0) is 23.1. The van der Waals surface area contributed by atoms with Crippen molar-refractivity contribution in [3.63, 3.8) is 0 Å². The topological polar surface area (TPSA) is 62.1 Å². The number of ether oxygens (including phenoxy) is 1. The Morgan fingerprint density at radius 1 is 1.06 bits per heavy atom. The van der Waals surface area contributed by atoms with E-state index in [1.165, 1.54) is 5.56 Å². The minimum atomic E-state index is -0.537. The minimum absolute atomic E-state index is 0.0703. The van der Waals surface area contributed by atoms with E-state index in [9.17, 15) is 9.90 Å². The number of aliphatic imine (C=N–C) groups is 1. The number of aromatic hydroxyl groups is 1. The van der Waals surface area contributed by atoms with E-state index in [4.69, 9.17) is 4.74 Å². The van der Waals surface area contributed by atoms with Gasteiger partial charge in [0.1, 0.15) is 0 Å². The predicted octanol–water partition coefficient (Wildman–Crippen LogP) is 6.27. The molecule has 1 N–H and O–H groups in total. The van der Waals surface area contributed by atoms with Crippen molar-refractivity contribution in [1.29, 1.82) is 0 Å². The van der Waals surface area contributed by atoms with E-state index >= 15 is 0 Å². The molecule has 6 heteroatoms. The van der Waals surface area contributed by atoms with E-state index in [-0.39, 0.29) is 11.5 Å². The molecule has 0 saturated carbocycles. The van der Waals surface area contributed by atoms with Crippen LogP contribution in [0.15, 0.2) is 70.1 Å². The highest BCUT2D eigenvalue weighted by Crippen LogP contribution is 2.34. The maximum Gasteiger partial charge on any atom is 0.343 e. The molecule has 3 rings (SSSR count). The number of aryl methyl sites for hydroxylation is 1. The minimum Gasteiger partial charge on any atom is -0.504 e. The molecular weight excluding hydrogens is 468 g/mol. The highest BCUT2D eigenvalue weighted by atomic mass is 79.9. The van der Waals surface area contributed by atoms with E-state index in [1.54, 1.807) is 30.5 Å². The Morgan fingerprint density at radius 3 is 2.34 bits per heavy atom. The molecule has 5 nitrogen and oxygen atoms in total. The van der Waals surface area contributed by atoms with Gasteiger partial charge in [-0.2, -0.15) is 0 Å². The van der Waals surface area contributed by atoms with Crippen molar-refractivity contribution in [3.8, 4) is 11.5 Å². The van der Waals surface area contributed by atoms with Crippen molar-refractivity contribution in [2.45, 2.75) is 27.3 Å². The van der Waals surface area contributed by atoms with Gasteiger partial charge >= 0.3 is 5.97 Å². The van der Waals surface area contributed by atoms with Gasteiger partial charge in [0.15, 0.2) is 11.5 Å². The molecule has 0 unspecified atom stereocenters. The third-order valence-corrected chi connectivity index (χ3v) is 5.61. The Hall–Kier alpha value is -2.96. The number of esters is 1. The molecule has 0 heterocycles. The lowest BCUT2D eigenvalue weighted by atomic mass is 10.1. The average molecular weight is 495 g/mol. The van der Waals surface area contributed by atoms with Crippen molar-refractivity contribution in [2.75, 3.05) is 13.1 Å². The van der Waals surface area contributed by atoms with Crippen LogP contribution in [0.3, 0.4) is 0 Å². The molecule has 0 aliphatic carbocycles. The van der Waals surface area contributed by atoms with Crippen LogP contribution in [0.1, 0.15) is 40.9 Å². The molecule has 0 saturated heterocycles. The lowest BCUT2D eigenvalue weighted by Crippen LogP contribution is -2.21. The molecular formula is C26H27BrN2O3. The molecule has 0 aromatic heterocycles. The van der Waals surface area contributed by atoms with Gasteiger partial charge in [0.2, 0.25) is 0 Å². The third kappa shape index (κ3) is 6.28. The number of phenols is 1. The van der Waals surface area contributed by atoms with Crippen LogP contribution >= 0.6 is 15.9 Å². The second-order valence-electron chi connectivity index (χ2n) is 7.48. The van der Waals surface area contributed by atoms with Crippen LogP contribution in [0.25, 0.3) is 0 Å². The van der Waals surface area contributed by atoms with Gasteiger partial charge in [-0.1, -0.05) is 59.6 Å². The monoisotopic (exact) mass is 494 g/mol. The number of carbonyl (C=O) groups is 1. The van der Waals surface area contributed by atoms with Gasteiger partial charge in [-0.25, -0.2) is 4.79 Å². The van der Waals surface area contributed by atoms with Crippen LogP contribution in [0, 0.1) is 6.92 Å². The molecule has 0 aliphatic rings. The van der Waals surface area contributed by atoms with E-state index < -0.39 is 5.97 Å². The zero-order valence-electron chi connectivity index (χ0n) is 18.5. The molecule has 0 amide bonds. The van der Waals surface area contributed by atoms with Crippen LogP contribution < -0.4 is 4.74 Å². The SMILES string of the molecule is CCN(CC)Cc1ccc(N=Cc2cc(Br)cc(OC(=O)c3ccc(C)cc3)c2O)cc1. The van der Waals surface area contributed by atoms with Crippen molar-refractivity contribution in [1.82, 2.24) is 4.90 Å². The summed E-state index contributed by atoms with van der Waals surface area (Å²) in [5.74, 6) is -0.610. The summed E-state index contributed by atoms with van der Waals surface area (Å²) in [5.41, 5.74) is 3.90. The molecule has 0 bridgehead atoms.